The first kappa shape index (κ1) is 12.9. The molecule has 0 saturated carbocycles. The number of pyridine rings is 1. The molecule has 6 heteroatoms. The lowest BCUT2D eigenvalue weighted by Gasteiger charge is -2.20. The normalized spacial score (nSPS) is 12.8. The standard InChI is InChI=1S/C14H11BrN2O3/c15-9-4-5-16-12(8-9)17-14(18)10-2-1-3-11-13(10)20-7-6-19-11/h1-5,8H,6-7H2,(H,16,17,18). The minimum Gasteiger partial charge on any atom is -0.486 e. The third-order valence-corrected chi connectivity index (χ3v) is 3.27. The first-order valence-electron chi connectivity index (χ1n) is 6.05. The summed E-state index contributed by atoms with van der Waals surface area (Å²) >= 11 is 3.33. The average molecular weight is 335 g/mol. The van der Waals surface area contributed by atoms with Gasteiger partial charge in [-0.3, -0.25) is 4.79 Å². The molecule has 0 unspecified atom stereocenters. The lowest BCUT2D eigenvalue weighted by molar-refractivity contribution is 0.101. The lowest BCUT2D eigenvalue weighted by atomic mass is 10.1. The molecule has 0 saturated heterocycles. The van der Waals surface area contributed by atoms with Gasteiger partial charge in [-0.05, 0) is 24.3 Å². The number of hydrogen-bond donors (Lipinski definition) is 1. The van der Waals surface area contributed by atoms with Gasteiger partial charge in [-0.2, -0.15) is 0 Å². The quantitative estimate of drug-likeness (QED) is 0.917. The summed E-state index contributed by atoms with van der Waals surface area (Å²) < 4.78 is 11.8. The molecule has 0 fully saturated rings. The van der Waals surface area contributed by atoms with Gasteiger partial charge < -0.3 is 14.8 Å². The highest BCUT2D eigenvalue weighted by molar-refractivity contribution is 9.10. The number of nitrogens with zero attached hydrogens (tertiary/aromatic N) is 1. The van der Waals surface area contributed by atoms with E-state index in [0.29, 0.717) is 36.1 Å². The molecule has 0 bridgehead atoms. The number of carbonyl (C=O) groups is 1. The van der Waals surface area contributed by atoms with Crippen molar-refractivity contribution in [1.29, 1.82) is 0 Å². The topological polar surface area (TPSA) is 60.5 Å². The van der Waals surface area contributed by atoms with Crippen molar-refractivity contribution >= 4 is 27.7 Å². The maximum absolute atomic E-state index is 12.3. The number of ether oxygens (including phenoxy) is 2. The van der Waals surface area contributed by atoms with Crippen LogP contribution < -0.4 is 14.8 Å². The molecule has 3 rings (SSSR count). The van der Waals surface area contributed by atoms with E-state index < -0.39 is 0 Å². The maximum atomic E-state index is 12.3. The second kappa shape index (κ2) is 5.50. The Morgan fingerprint density at radius 2 is 2.10 bits per heavy atom. The van der Waals surface area contributed by atoms with Crippen molar-refractivity contribution in [2.24, 2.45) is 0 Å². The number of anilines is 1. The van der Waals surface area contributed by atoms with Crippen molar-refractivity contribution < 1.29 is 14.3 Å². The Morgan fingerprint density at radius 3 is 2.95 bits per heavy atom. The molecule has 0 atom stereocenters. The molecule has 5 nitrogen and oxygen atoms in total. The minimum absolute atomic E-state index is 0.280. The van der Waals surface area contributed by atoms with Gasteiger partial charge in [0, 0.05) is 10.7 Å². The number of hydrogen-bond acceptors (Lipinski definition) is 4. The monoisotopic (exact) mass is 334 g/mol. The molecule has 0 radical (unpaired) electrons. The number of nitrogens with one attached hydrogen (secondary N) is 1. The number of rotatable bonds is 2. The van der Waals surface area contributed by atoms with Gasteiger partial charge in [0.25, 0.3) is 5.91 Å². The van der Waals surface area contributed by atoms with Crippen LogP contribution in [-0.4, -0.2) is 24.1 Å². The fourth-order valence-electron chi connectivity index (χ4n) is 1.91. The number of fused-ring (bicyclic) bond motifs is 1. The molecule has 0 aliphatic carbocycles. The van der Waals surface area contributed by atoms with Crippen LogP contribution in [0.1, 0.15) is 10.4 Å². The summed E-state index contributed by atoms with van der Waals surface area (Å²) in [5.41, 5.74) is 0.434. The summed E-state index contributed by atoms with van der Waals surface area (Å²) in [4.78, 5) is 16.4. The second-order valence-electron chi connectivity index (χ2n) is 4.14. The number of benzene rings is 1. The van der Waals surface area contributed by atoms with Crippen LogP contribution in [0.25, 0.3) is 0 Å². The molecule has 1 amide bonds. The van der Waals surface area contributed by atoms with Crippen molar-refractivity contribution in [2.45, 2.75) is 0 Å². The van der Waals surface area contributed by atoms with Crippen LogP contribution in [0.2, 0.25) is 0 Å². The van der Waals surface area contributed by atoms with Gasteiger partial charge in [0.2, 0.25) is 0 Å². The van der Waals surface area contributed by atoms with Crippen molar-refractivity contribution in [3.05, 3.63) is 46.6 Å². The van der Waals surface area contributed by atoms with Crippen molar-refractivity contribution in [3.8, 4) is 11.5 Å². The van der Waals surface area contributed by atoms with Gasteiger partial charge in [0.1, 0.15) is 19.0 Å². The molecule has 20 heavy (non-hydrogen) atoms. The van der Waals surface area contributed by atoms with E-state index in [9.17, 15) is 4.79 Å². The molecular weight excluding hydrogens is 324 g/mol. The Balaban J connectivity index is 1.88. The zero-order valence-corrected chi connectivity index (χ0v) is 12.0. The number of halogens is 1. The van der Waals surface area contributed by atoms with Crippen LogP contribution in [0.3, 0.4) is 0 Å². The van der Waals surface area contributed by atoms with Gasteiger partial charge in [-0.25, -0.2) is 4.98 Å². The zero-order valence-electron chi connectivity index (χ0n) is 10.4. The molecule has 1 aliphatic rings. The van der Waals surface area contributed by atoms with Crippen LogP contribution in [0.5, 0.6) is 11.5 Å². The van der Waals surface area contributed by atoms with E-state index in [2.05, 4.69) is 26.2 Å². The number of aromatic nitrogens is 1. The van der Waals surface area contributed by atoms with Gasteiger partial charge in [0.05, 0.1) is 5.56 Å². The Bertz CT molecular complexity index is 661. The third kappa shape index (κ3) is 2.60. The summed E-state index contributed by atoms with van der Waals surface area (Å²) in [5, 5.41) is 2.73. The highest BCUT2D eigenvalue weighted by atomic mass is 79.9. The fourth-order valence-corrected chi connectivity index (χ4v) is 2.24. The van der Waals surface area contributed by atoms with Crippen LogP contribution in [0.4, 0.5) is 5.82 Å². The molecule has 2 aromatic rings. The summed E-state index contributed by atoms with van der Waals surface area (Å²) in [7, 11) is 0. The van der Waals surface area contributed by atoms with E-state index >= 15 is 0 Å². The second-order valence-corrected chi connectivity index (χ2v) is 5.06. The number of para-hydroxylation sites is 1. The fraction of sp³-hybridized carbons (Fsp3) is 0.143. The minimum atomic E-state index is -0.280. The summed E-state index contributed by atoms with van der Waals surface area (Å²) in [6.45, 7) is 0.928. The SMILES string of the molecule is O=C(Nc1cc(Br)ccn1)c1cccc2c1OCCO2. The predicted molar refractivity (Wildman–Crippen MR) is 77.3 cm³/mol. The average Bonchev–Trinajstić information content (AvgIpc) is 2.46. The van der Waals surface area contributed by atoms with Crippen molar-refractivity contribution in [3.63, 3.8) is 0 Å². The largest absolute Gasteiger partial charge is 0.486 e. The van der Waals surface area contributed by atoms with E-state index in [1.165, 1.54) is 0 Å². The van der Waals surface area contributed by atoms with Gasteiger partial charge in [0.15, 0.2) is 11.5 Å². The summed E-state index contributed by atoms with van der Waals surface area (Å²) in [6, 6.07) is 8.75. The molecular formula is C14H11BrN2O3. The van der Waals surface area contributed by atoms with Crippen LogP contribution in [0.15, 0.2) is 41.0 Å². The molecule has 1 aliphatic heterocycles. The predicted octanol–water partition coefficient (Wildman–Crippen LogP) is 2.87. The Kier molecular flexibility index (Phi) is 3.56. The van der Waals surface area contributed by atoms with Crippen LogP contribution >= 0.6 is 15.9 Å². The summed E-state index contributed by atoms with van der Waals surface area (Å²) in [5.74, 6) is 1.26. The highest BCUT2D eigenvalue weighted by Gasteiger charge is 2.20. The lowest BCUT2D eigenvalue weighted by Crippen LogP contribution is -2.20. The molecule has 1 aromatic carbocycles. The first-order chi connectivity index (χ1) is 9.74. The van der Waals surface area contributed by atoms with Crippen molar-refractivity contribution in [1.82, 2.24) is 4.98 Å². The zero-order chi connectivity index (χ0) is 13.9. The molecule has 102 valence electrons. The molecule has 1 aromatic heterocycles. The first-order valence-corrected chi connectivity index (χ1v) is 6.85. The number of carbonyl (C=O) groups excluding carboxylic acids is 1. The van der Waals surface area contributed by atoms with E-state index in [0.717, 1.165) is 4.47 Å². The third-order valence-electron chi connectivity index (χ3n) is 2.77. The smallest absolute Gasteiger partial charge is 0.260 e. The number of amides is 1. The molecule has 0 spiro atoms. The van der Waals surface area contributed by atoms with E-state index in [1.807, 2.05) is 0 Å². The van der Waals surface area contributed by atoms with Gasteiger partial charge in [-0.1, -0.05) is 22.0 Å². The maximum Gasteiger partial charge on any atom is 0.260 e. The van der Waals surface area contributed by atoms with Crippen LogP contribution in [0, 0.1) is 0 Å². The van der Waals surface area contributed by atoms with Crippen LogP contribution in [-0.2, 0) is 0 Å². The van der Waals surface area contributed by atoms with Gasteiger partial charge in [-0.15, -0.1) is 0 Å². The van der Waals surface area contributed by atoms with Crippen molar-refractivity contribution in [2.75, 3.05) is 18.5 Å². The van der Waals surface area contributed by atoms with Gasteiger partial charge >= 0.3 is 0 Å². The Hall–Kier alpha value is -2.08. The highest BCUT2D eigenvalue weighted by Crippen LogP contribution is 2.33. The van der Waals surface area contributed by atoms with E-state index in [-0.39, 0.29) is 5.91 Å². The Labute approximate surface area is 124 Å². The van der Waals surface area contributed by atoms with E-state index in [4.69, 9.17) is 9.47 Å². The summed E-state index contributed by atoms with van der Waals surface area (Å²) in [6.07, 6.45) is 1.61. The molecule has 1 N–H and O–H groups in total. The Morgan fingerprint density at radius 1 is 1.25 bits per heavy atom. The van der Waals surface area contributed by atoms with E-state index in [1.54, 1.807) is 36.5 Å². The molecule has 2 heterocycles.